The van der Waals surface area contributed by atoms with Gasteiger partial charge in [0.2, 0.25) is 0 Å². The molecular formula is C13H10Cl3N3O. The lowest BCUT2D eigenvalue weighted by Crippen LogP contribution is -2.15. The molecule has 0 unspecified atom stereocenters. The van der Waals surface area contributed by atoms with Gasteiger partial charge in [-0.05, 0) is 25.1 Å². The van der Waals surface area contributed by atoms with Crippen molar-refractivity contribution in [1.29, 1.82) is 0 Å². The molecule has 104 valence electrons. The molecule has 0 saturated heterocycles. The van der Waals surface area contributed by atoms with Gasteiger partial charge in [0.15, 0.2) is 0 Å². The van der Waals surface area contributed by atoms with Crippen molar-refractivity contribution < 1.29 is 4.79 Å². The first kappa shape index (κ1) is 14.9. The second-order valence-corrected chi connectivity index (χ2v) is 5.32. The number of nitrogens with zero attached hydrogens (tertiary/aromatic N) is 1. The number of hydrogen-bond acceptors (Lipinski definition) is 3. The van der Waals surface area contributed by atoms with Crippen molar-refractivity contribution in [3.05, 3.63) is 50.7 Å². The largest absolute Gasteiger partial charge is 0.397 e. The number of carbonyl (C=O) groups excluding carboxylic acids is 1. The molecule has 4 nitrogen and oxygen atoms in total. The topological polar surface area (TPSA) is 68.0 Å². The molecule has 1 aromatic carbocycles. The summed E-state index contributed by atoms with van der Waals surface area (Å²) in [6.45, 7) is 1.71. The van der Waals surface area contributed by atoms with Crippen LogP contribution in [0.2, 0.25) is 15.1 Å². The molecular weight excluding hydrogens is 321 g/mol. The maximum atomic E-state index is 12.2. The number of halogens is 3. The zero-order valence-corrected chi connectivity index (χ0v) is 12.6. The highest BCUT2D eigenvalue weighted by atomic mass is 35.5. The Kier molecular flexibility index (Phi) is 4.38. The predicted octanol–water partition coefficient (Wildman–Crippen LogP) is 4.18. The minimum absolute atomic E-state index is 0.294. The summed E-state index contributed by atoms with van der Waals surface area (Å²) in [6.07, 6.45) is 1.48. The Morgan fingerprint density at radius 1 is 1.15 bits per heavy atom. The van der Waals surface area contributed by atoms with E-state index in [0.717, 1.165) is 0 Å². The molecule has 3 N–H and O–H groups in total. The van der Waals surface area contributed by atoms with E-state index in [1.807, 2.05) is 0 Å². The maximum absolute atomic E-state index is 12.2. The molecule has 0 aliphatic heterocycles. The summed E-state index contributed by atoms with van der Waals surface area (Å²) in [6, 6.07) is 4.49. The third-order valence-corrected chi connectivity index (χ3v) is 3.65. The molecule has 1 heterocycles. The first-order chi connectivity index (χ1) is 9.38. The Morgan fingerprint density at radius 3 is 2.50 bits per heavy atom. The fraction of sp³-hybridized carbons (Fsp3) is 0.0769. The number of nitrogen functional groups attached to an aromatic ring is 1. The monoisotopic (exact) mass is 329 g/mol. The molecule has 1 amide bonds. The molecule has 0 fully saturated rings. The first-order valence-electron chi connectivity index (χ1n) is 5.56. The summed E-state index contributed by atoms with van der Waals surface area (Å²) in [7, 11) is 0. The smallest absolute Gasteiger partial charge is 0.257 e. The lowest BCUT2D eigenvalue weighted by Gasteiger charge is -2.10. The van der Waals surface area contributed by atoms with Crippen molar-refractivity contribution in [1.82, 2.24) is 4.98 Å². The Hall–Kier alpha value is -1.49. The predicted molar refractivity (Wildman–Crippen MR) is 82.8 cm³/mol. The molecule has 0 spiro atoms. The van der Waals surface area contributed by atoms with Crippen LogP contribution >= 0.6 is 34.8 Å². The molecule has 0 radical (unpaired) electrons. The number of nitrogens with two attached hydrogens (primary N) is 1. The van der Waals surface area contributed by atoms with E-state index in [-0.39, 0.29) is 5.91 Å². The Morgan fingerprint density at radius 2 is 1.80 bits per heavy atom. The van der Waals surface area contributed by atoms with Gasteiger partial charge in [0.1, 0.15) is 0 Å². The molecule has 0 saturated carbocycles. The highest BCUT2D eigenvalue weighted by Crippen LogP contribution is 2.32. The molecule has 1 aromatic heterocycles. The van der Waals surface area contributed by atoms with Crippen LogP contribution in [0, 0.1) is 6.92 Å². The lowest BCUT2D eigenvalue weighted by molar-refractivity contribution is 0.102. The SMILES string of the molecule is Cc1ncc(N)cc1C(=O)Nc1cc(Cl)c(Cl)cc1Cl. The maximum Gasteiger partial charge on any atom is 0.257 e. The van der Waals surface area contributed by atoms with Gasteiger partial charge in [0, 0.05) is 0 Å². The summed E-state index contributed by atoms with van der Waals surface area (Å²) < 4.78 is 0. The number of amides is 1. The van der Waals surface area contributed by atoms with Crippen LogP contribution in [0.3, 0.4) is 0 Å². The van der Waals surface area contributed by atoms with E-state index >= 15 is 0 Å². The van der Waals surface area contributed by atoms with E-state index < -0.39 is 0 Å². The minimum atomic E-state index is -0.373. The van der Waals surface area contributed by atoms with Gasteiger partial charge in [-0.2, -0.15) is 0 Å². The molecule has 0 atom stereocenters. The average Bonchev–Trinajstić information content (AvgIpc) is 2.38. The van der Waals surface area contributed by atoms with Crippen LogP contribution < -0.4 is 11.1 Å². The summed E-state index contributed by atoms with van der Waals surface area (Å²) >= 11 is 17.7. The number of hydrogen-bond donors (Lipinski definition) is 2. The van der Waals surface area contributed by atoms with Gasteiger partial charge >= 0.3 is 0 Å². The van der Waals surface area contributed by atoms with Crippen LogP contribution in [0.4, 0.5) is 11.4 Å². The first-order valence-corrected chi connectivity index (χ1v) is 6.70. The molecule has 0 aliphatic carbocycles. The van der Waals surface area contributed by atoms with Crippen molar-refractivity contribution in [2.45, 2.75) is 6.92 Å². The number of carbonyl (C=O) groups is 1. The third-order valence-electron chi connectivity index (χ3n) is 2.61. The molecule has 2 aromatic rings. The molecule has 20 heavy (non-hydrogen) atoms. The van der Waals surface area contributed by atoms with Crippen LogP contribution in [0.5, 0.6) is 0 Å². The number of aryl methyl sites for hydroxylation is 1. The second kappa shape index (κ2) is 5.87. The van der Waals surface area contributed by atoms with E-state index in [1.165, 1.54) is 18.3 Å². The van der Waals surface area contributed by atoms with Crippen molar-refractivity contribution in [2.75, 3.05) is 11.1 Å². The Bertz CT molecular complexity index is 689. The van der Waals surface area contributed by atoms with Crippen LogP contribution in [-0.2, 0) is 0 Å². The zero-order chi connectivity index (χ0) is 14.9. The summed E-state index contributed by atoms with van der Waals surface area (Å²) in [5.74, 6) is -0.373. The van der Waals surface area contributed by atoms with E-state index in [1.54, 1.807) is 13.0 Å². The van der Waals surface area contributed by atoms with Gasteiger partial charge in [-0.3, -0.25) is 9.78 Å². The van der Waals surface area contributed by atoms with Gasteiger partial charge in [-0.1, -0.05) is 34.8 Å². The van der Waals surface area contributed by atoms with E-state index in [2.05, 4.69) is 10.3 Å². The fourth-order valence-corrected chi connectivity index (χ4v) is 2.18. The highest BCUT2D eigenvalue weighted by Gasteiger charge is 2.14. The summed E-state index contributed by atoms with van der Waals surface area (Å²) in [4.78, 5) is 16.2. The Balaban J connectivity index is 2.32. The van der Waals surface area contributed by atoms with Gasteiger partial charge in [0.25, 0.3) is 5.91 Å². The van der Waals surface area contributed by atoms with Crippen molar-refractivity contribution in [3.8, 4) is 0 Å². The Labute approximate surface area is 130 Å². The van der Waals surface area contributed by atoms with Crippen molar-refractivity contribution in [3.63, 3.8) is 0 Å². The minimum Gasteiger partial charge on any atom is -0.397 e. The molecule has 2 rings (SSSR count). The summed E-state index contributed by atoms with van der Waals surface area (Å²) in [5, 5.41) is 3.56. The third kappa shape index (κ3) is 3.15. The van der Waals surface area contributed by atoms with Crippen molar-refractivity contribution in [2.24, 2.45) is 0 Å². The lowest BCUT2D eigenvalue weighted by atomic mass is 10.1. The van der Waals surface area contributed by atoms with Gasteiger partial charge in [0.05, 0.1) is 43.9 Å². The second-order valence-electron chi connectivity index (χ2n) is 4.10. The number of rotatable bonds is 2. The molecule has 0 bridgehead atoms. The van der Waals surface area contributed by atoms with Crippen LogP contribution in [0.1, 0.15) is 16.1 Å². The number of aromatic nitrogens is 1. The van der Waals surface area contributed by atoms with Gasteiger partial charge < -0.3 is 11.1 Å². The van der Waals surface area contributed by atoms with E-state index in [9.17, 15) is 4.79 Å². The molecule has 0 aliphatic rings. The normalized spacial score (nSPS) is 10.4. The van der Waals surface area contributed by atoms with Crippen LogP contribution in [0.25, 0.3) is 0 Å². The van der Waals surface area contributed by atoms with E-state index in [0.29, 0.717) is 37.7 Å². The number of pyridine rings is 1. The van der Waals surface area contributed by atoms with Gasteiger partial charge in [-0.15, -0.1) is 0 Å². The van der Waals surface area contributed by atoms with Crippen molar-refractivity contribution >= 4 is 52.1 Å². The average molecular weight is 331 g/mol. The number of anilines is 2. The molecule has 7 heteroatoms. The fourth-order valence-electron chi connectivity index (χ4n) is 1.59. The quantitative estimate of drug-likeness (QED) is 0.811. The standard InChI is InChI=1S/C13H10Cl3N3O/c1-6-8(2-7(17)5-18-6)13(20)19-12-4-10(15)9(14)3-11(12)16/h2-5H,17H2,1H3,(H,19,20). The number of nitrogens with one attached hydrogen (secondary N) is 1. The van der Waals surface area contributed by atoms with Crippen LogP contribution in [-0.4, -0.2) is 10.9 Å². The van der Waals surface area contributed by atoms with Crippen LogP contribution in [0.15, 0.2) is 24.4 Å². The zero-order valence-electron chi connectivity index (χ0n) is 10.4. The van der Waals surface area contributed by atoms with E-state index in [4.69, 9.17) is 40.5 Å². The highest BCUT2D eigenvalue weighted by molar-refractivity contribution is 6.44. The summed E-state index contributed by atoms with van der Waals surface area (Å²) in [5.41, 5.74) is 7.33. The van der Waals surface area contributed by atoms with Gasteiger partial charge in [-0.25, -0.2) is 0 Å². The number of benzene rings is 1.